The number of halogens is 5. The van der Waals surface area contributed by atoms with Gasteiger partial charge in [0.15, 0.2) is 0 Å². The van der Waals surface area contributed by atoms with Gasteiger partial charge in [-0.2, -0.15) is 5.10 Å². The molecule has 0 radical (unpaired) electrons. The fraction of sp³-hybridized carbons (Fsp3) is 0.200. The summed E-state index contributed by atoms with van der Waals surface area (Å²) >= 11 is 3.06. The second kappa shape index (κ2) is 16.0. The van der Waals surface area contributed by atoms with Gasteiger partial charge >= 0.3 is 0 Å². The lowest BCUT2D eigenvalue weighted by Crippen LogP contribution is -2.38. The molecule has 1 atom stereocenters. The molecule has 7 aromatic rings. The molecule has 0 unspecified atom stereocenters. The van der Waals surface area contributed by atoms with Gasteiger partial charge in [0.1, 0.15) is 22.6 Å². The molecule has 2 aliphatic heterocycles. The van der Waals surface area contributed by atoms with Gasteiger partial charge in [0.05, 0.1) is 10.9 Å². The first-order valence-corrected chi connectivity index (χ1v) is 19.4. The minimum absolute atomic E-state index is 0.131. The lowest BCUT2D eigenvalue weighted by Gasteiger charge is -2.37. The summed E-state index contributed by atoms with van der Waals surface area (Å²) in [6, 6.07) is 42.7. The number of nitrogens with one attached hydrogen (secondary N) is 1. The van der Waals surface area contributed by atoms with Gasteiger partial charge in [0, 0.05) is 46.6 Å². The SMILES string of the molecule is FC(F)c1cc(Br)ccn1.O=C1N(c2ccc3c(c2)c(-c2ccnc(C(F)F)c2)nn3C(c2ccccc2)(c2ccccc2)c2ccccc2)CC[C@]12CCNC2. The molecule has 288 valence electrons. The van der Waals surface area contributed by atoms with E-state index in [0.29, 0.717) is 28.8 Å². The Morgan fingerprint density at radius 3 is 1.81 bits per heavy atom. The number of fused-ring (bicyclic) bond motifs is 1. The average molecular weight is 834 g/mol. The average Bonchev–Trinajstić information content (AvgIpc) is 3.97. The van der Waals surface area contributed by atoms with Crippen LogP contribution in [0.5, 0.6) is 0 Å². The summed E-state index contributed by atoms with van der Waals surface area (Å²) in [5, 5.41) is 9.48. The van der Waals surface area contributed by atoms with Gasteiger partial charge in [-0.05, 0) is 78.5 Å². The zero-order valence-electron chi connectivity index (χ0n) is 30.6. The van der Waals surface area contributed by atoms with Crippen LogP contribution in [0, 0.1) is 5.41 Å². The third-order valence-electron chi connectivity index (χ3n) is 10.9. The maximum atomic E-state index is 14.0. The fourth-order valence-electron chi connectivity index (χ4n) is 8.11. The van der Waals surface area contributed by atoms with Gasteiger partial charge in [-0.1, -0.05) is 107 Å². The third kappa shape index (κ3) is 7.12. The van der Waals surface area contributed by atoms with Crippen molar-refractivity contribution in [3.05, 3.63) is 178 Å². The normalized spacial score (nSPS) is 16.8. The highest BCUT2D eigenvalue weighted by Gasteiger charge is 2.49. The third-order valence-corrected chi connectivity index (χ3v) is 11.4. The Morgan fingerprint density at radius 2 is 1.28 bits per heavy atom. The summed E-state index contributed by atoms with van der Waals surface area (Å²) in [6.07, 6.45) is -0.845. The molecule has 4 aromatic carbocycles. The number of carbonyl (C=O) groups excluding carboxylic acids is 1. The van der Waals surface area contributed by atoms with E-state index in [9.17, 15) is 22.4 Å². The van der Waals surface area contributed by atoms with Gasteiger partial charge in [0.2, 0.25) is 5.91 Å². The summed E-state index contributed by atoms with van der Waals surface area (Å²) in [5.41, 5.74) is 3.82. The number of hydrogen-bond acceptors (Lipinski definition) is 5. The van der Waals surface area contributed by atoms with E-state index >= 15 is 0 Å². The molecule has 57 heavy (non-hydrogen) atoms. The van der Waals surface area contributed by atoms with Crippen molar-refractivity contribution in [3.63, 3.8) is 0 Å². The molecule has 1 spiro atoms. The first-order valence-electron chi connectivity index (χ1n) is 18.6. The molecule has 12 heteroatoms. The van der Waals surface area contributed by atoms with Crippen LogP contribution in [0.25, 0.3) is 22.2 Å². The van der Waals surface area contributed by atoms with Crippen LogP contribution < -0.4 is 10.2 Å². The van der Waals surface area contributed by atoms with Crippen LogP contribution in [-0.4, -0.2) is 45.3 Å². The van der Waals surface area contributed by atoms with Crippen LogP contribution in [-0.2, 0) is 10.3 Å². The monoisotopic (exact) mass is 832 g/mol. The number of alkyl halides is 4. The van der Waals surface area contributed by atoms with Crippen LogP contribution in [0.15, 0.2) is 150 Å². The van der Waals surface area contributed by atoms with Crippen molar-refractivity contribution in [1.29, 1.82) is 0 Å². The van der Waals surface area contributed by atoms with Crippen molar-refractivity contribution >= 4 is 38.4 Å². The minimum Gasteiger partial charge on any atom is -0.316 e. The summed E-state index contributed by atoms with van der Waals surface area (Å²) in [7, 11) is 0. The fourth-order valence-corrected chi connectivity index (χ4v) is 8.46. The van der Waals surface area contributed by atoms with Crippen LogP contribution >= 0.6 is 15.9 Å². The Balaban J connectivity index is 0.000000399. The molecule has 3 aromatic heterocycles. The Morgan fingerprint density at radius 1 is 0.702 bits per heavy atom. The maximum absolute atomic E-state index is 14.0. The number of aromatic nitrogens is 4. The standard InChI is InChI=1S/C39H33F2N5O.C6H4BrF2N/c40-36(41)33-24-27(18-21-43-33)35-32-25-31(45-23-20-38(37(45)47)19-22-42-26-38)16-17-34(32)46(44-35)39(28-10-4-1-5-11-28,29-12-6-2-7-13-29)30-14-8-3-9-15-30;7-4-1-2-10-5(3-4)6(8)9/h1-18,21,24-25,36,42H,19-20,22-23,26H2;1-3,6H/t38-;/m0./s1. The van der Waals surface area contributed by atoms with E-state index in [1.165, 1.54) is 24.5 Å². The van der Waals surface area contributed by atoms with E-state index < -0.39 is 18.4 Å². The van der Waals surface area contributed by atoms with Gasteiger partial charge < -0.3 is 10.2 Å². The zero-order chi connectivity index (χ0) is 39.6. The predicted octanol–water partition coefficient (Wildman–Crippen LogP) is 10.4. The Hall–Kier alpha value is -5.72. The van der Waals surface area contributed by atoms with E-state index in [2.05, 4.69) is 67.6 Å². The molecule has 9 rings (SSSR count). The second-order valence-corrected chi connectivity index (χ2v) is 15.1. The van der Waals surface area contributed by atoms with Crippen LogP contribution in [0.3, 0.4) is 0 Å². The lowest BCUT2D eigenvalue weighted by atomic mass is 9.77. The van der Waals surface area contributed by atoms with Crippen molar-refractivity contribution in [1.82, 2.24) is 25.1 Å². The number of nitrogens with zero attached hydrogens (tertiary/aromatic N) is 5. The molecule has 0 saturated carbocycles. The molecule has 0 aliphatic carbocycles. The minimum atomic E-state index is -2.73. The Kier molecular flexibility index (Phi) is 10.7. The summed E-state index contributed by atoms with van der Waals surface area (Å²) in [4.78, 5) is 23.1. The van der Waals surface area contributed by atoms with Crippen LogP contribution in [0.2, 0.25) is 0 Å². The van der Waals surface area contributed by atoms with Gasteiger partial charge in [-0.3, -0.25) is 14.8 Å². The van der Waals surface area contributed by atoms with Crippen molar-refractivity contribution in [2.75, 3.05) is 24.5 Å². The van der Waals surface area contributed by atoms with Crippen molar-refractivity contribution < 1.29 is 22.4 Å². The smallest absolute Gasteiger partial charge is 0.280 e. The van der Waals surface area contributed by atoms with E-state index in [-0.39, 0.29) is 22.7 Å². The Labute approximate surface area is 335 Å². The van der Waals surface area contributed by atoms with E-state index in [1.54, 1.807) is 12.1 Å². The molecule has 5 heterocycles. The first kappa shape index (κ1) is 38.2. The number of rotatable bonds is 8. The maximum Gasteiger partial charge on any atom is 0.280 e. The van der Waals surface area contributed by atoms with E-state index in [1.807, 2.05) is 82.4 Å². The van der Waals surface area contributed by atoms with Gasteiger partial charge in [-0.25, -0.2) is 22.2 Å². The Bertz CT molecular complexity index is 2400. The molecule has 0 bridgehead atoms. The van der Waals surface area contributed by atoms with Crippen molar-refractivity contribution in [2.24, 2.45) is 5.41 Å². The number of hydrogen-bond donors (Lipinski definition) is 1. The summed E-state index contributed by atoms with van der Waals surface area (Å²) in [6.45, 7) is 2.15. The zero-order valence-corrected chi connectivity index (χ0v) is 32.2. The highest BCUT2D eigenvalue weighted by atomic mass is 79.9. The largest absolute Gasteiger partial charge is 0.316 e. The first-order chi connectivity index (χ1) is 27.7. The second-order valence-electron chi connectivity index (χ2n) is 14.2. The van der Waals surface area contributed by atoms with Crippen molar-refractivity contribution in [2.45, 2.75) is 31.2 Å². The highest BCUT2D eigenvalue weighted by molar-refractivity contribution is 9.10. The van der Waals surface area contributed by atoms with E-state index in [4.69, 9.17) is 5.10 Å². The molecule has 7 nitrogen and oxygen atoms in total. The molecular weight excluding hydrogens is 796 g/mol. The molecule has 1 amide bonds. The summed E-state index contributed by atoms with van der Waals surface area (Å²) in [5.74, 6) is 0.131. The predicted molar refractivity (Wildman–Crippen MR) is 216 cm³/mol. The number of anilines is 1. The topological polar surface area (TPSA) is 75.9 Å². The molecule has 2 fully saturated rings. The van der Waals surface area contributed by atoms with Gasteiger partial charge in [-0.15, -0.1) is 0 Å². The number of pyridine rings is 2. The quantitative estimate of drug-likeness (QED) is 0.122. The molecule has 2 aliphatic rings. The van der Waals surface area contributed by atoms with Crippen LogP contribution in [0.1, 0.15) is 53.8 Å². The van der Waals surface area contributed by atoms with Crippen molar-refractivity contribution in [3.8, 4) is 11.3 Å². The van der Waals surface area contributed by atoms with Gasteiger partial charge in [0.25, 0.3) is 12.9 Å². The number of benzene rings is 4. The lowest BCUT2D eigenvalue weighted by molar-refractivity contribution is -0.124. The number of carbonyl (C=O) groups is 1. The van der Waals surface area contributed by atoms with Crippen LogP contribution in [0.4, 0.5) is 23.2 Å². The molecule has 1 N–H and O–H groups in total. The number of amides is 1. The molecular formula is C45H37BrF4N6O. The van der Waals surface area contributed by atoms with E-state index in [0.717, 1.165) is 52.7 Å². The molecule has 2 saturated heterocycles. The summed E-state index contributed by atoms with van der Waals surface area (Å²) < 4.78 is 54.3. The highest BCUT2D eigenvalue weighted by Crippen LogP contribution is 2.46.